The Morgan fingerprint density at radius 1 is 1.10 bits per heavy atom. The van der Waals surface area contributed by atoms with Crippen LogP contribution in [0.2, 0.25) is 0 Å². The number of para-hydroxylation sites is 2. The number of nitrogens with zero attached hydrogens (tertiary/aromatic N) is 5. The molecule has 1 aromatic carbocycles. The van der Waals surface area contributed by atoms with Crippen molar-refractivity contribution in [2.75, 3.05) is 23.3 Å². The molecule has 7 nitrogen and oxygen atoms in total. The maximum absolute atomic E-state index is 12.7. The number of aromatic nitrogens is 4. The Labute approximate surface area is 171 Å². The average molecular weight is 393 g/mol. The highest BCUT2D eigenvalue weighted by molar-refractivity contribution is 5.94. The summed E-state index contributed by atoms with van der Waals surface area (Å²) < 4.78 is 1.73. The van der Waals surface area contributed by atoms with Gasteiger partial charge < -0.3 is 10.2 Å². The molecule has 7 heteroatoms. The largest absolute Gasteiger partial charge is 0.370 e. The van der Waals surface area contributed by atoms with Gasteiger partial charge in [-0.05, 0) is 50.8 Å². The lowest BCUT2D eigenvalue weighted by Gasteiger charge is -2.25. The highest BCUT2D eigenvalue weighted by Gasteiger charge is 2.16. The summed E-state index contributed by atoms with van der Waals surface area (Å²) in [6.45, 7) is 6.06. The number of rotatable bonds is 5. The second-order valence-corrected chi connectivity index (χ2v) is 7.70. The van der Waals surface area contributed by atoms with Gasteiger partial charge in [-0.2, -0.15) is 10.1 Å². The molecule has 4 rings (SSSR count). The molecule has 3 aromatic rings. The summed E-state index contributed by atoms with van der Waals surface area (Å²) in [5.41, 5.74) is 4.97. The van der Waals surface area contributed by atoms with E-state index in [0.29, 0.717) is 18.6 Å². The van der Waals surface area contributed by atoms with Gasteiger partial charge >= 0.3 is 0 Å². The van der Waals surface area contributed by atoms with Crippen LogP contribution in [-0.4, -0.2) is 38.6 Å². The van der Waals surface area contributed by atoms with Crippen LogP contribution in [0.25, 0.3) is 5.78 Å². The first-order chi connectivity index (χ1) is 14.1. The Balaban J connectivity index is 1.46. The molecule has 0 spiro atoms. The minimum Gasteiger partial charge on any atom is -0.370 e. The number of carbonyl (C=O) groups is 1. The van der Waals surface area contributed by atoms with Crippen molar-refractivity contribution in [1.82, 2.24) is 19.6 Å². The van der Waals surface area contributed by atoms with Gasteiger partial charge in [0.2, 0.25) is 5.91 Å². The second kappa shape index (κ2) is 8.59. The van der Waals surface area contributed by atoms with Crippen LogP contribution in [0.4, 0.5) is 11.4 Å². The molecule has 0 saturated carbocycles. The Kier molecular flexibility index (Phi) is 5.74. The Bertz CT molecular complexity index is 1000. The van der Waals surface area contributed by atoms with Crippen LogP contribution in [0.3, 0.4) is 0 Å². The molecule has 1 aliphatic heterocycles. The molecule has 1 fully saturated rings. The van der Waals surface area contributed by atoms with Crippen LogP contribution in [0.15, 0.2) is 30.6 Å². The zero-order chi connectivity index (χ0) is 20.2. The molecule has 1 saturated heterocycles. The summed E-state index contributed by atoms with van der Waals surface area (Å²) in [5, 5.41) is 7.36. The van der Waals surface area contributed by atoms with Crippen molar-refractivity contribution in [3.05, 3.63) is 47.5 Å². The third-order valence-corrected chi connectivity index (χ3v) is 5.72. The molecule has 0 radical (unpaired) electrons. The SMILES string of the molecule is Cc1nc2ncnn2c(C)c1CCC(=O)Nc1ccccc1N1CCCCCC1. The molecule has 2 aromatic heterocycles. The first-order valence-electron chi connectivity index (χ1n) is 10.4. The molecular weight excluding hydrogens is 364 g/mol. The molecule has 0 bridgehead atoms. The van der Waals surface area contributed by atoms with Crippen molar-refractivity contribution < 1.29 is 4.79 Å². The van der Waals surface area contributed by atoms with E-state index in [1.54, 1.807) is 4.52 Å². The normalized spacial score (nSPS) is 14.8. The van der Waals surface area contributed by atoms with Crippen molar-refractivity contribution in [3.63, 3.8) is 0 Å². The number of benzene rings is 1. The minimum absolute atomic E-state index is 0.0183. The van der Waals surface area contributed by atoms with Gasteiger partial charge in [-0.1, -0.05) is 25.0 Å². The van der Waals surface area contributed by atoms with E-state index in [9.17, 15) is 4.79 Å². The average Bonchev–Trinajstić information content (AvgIpc) is 3.01. The molecule has 1 N–H and O–H groups in total. The standard InChI is InChI=1S/C22H28N6O/c1-16-18(17(2)28-22(25-16)23-15-24-28)11-12-21(29)26-19-9-5-6-10-20(19)27-13-7-3-4-8-14-27/h5-6,9-10,15H,3-4,7-8,11-14H2,1-2H3,(H,26,29). The topological polar surface area (TPSA) is 75.4 Å². The summed E-state index contributed by atoms with van der Waals surface area (Å²) in [7, 11) is 0. The summed E-state index contributed by atoms with van der Waals surface area (Å²) >= 11 is 0. The van der Waals surface area contributed by atoms with Crippen molar-refractivity contribution in [2.45, 2.75) is 52.4 Å². The van der Waals surface area contributed by atoms with E-state index in [0.717, 1.165) is 41.4 Å². The number of fused-ring (bicyclic) bond motifs is 1. The Morgan fingerprint density at radius 2 is 1.86 bits per heavy atom. The molecule has 1 aliphatic rings. The highest BCUT2D eigenvalue weighted by atomic mass is 16.1. The van der Waals surface area contributed by atoms with Gasteiger partial charge in [-0.25, -0.2) is 9.50 Å². The lowest BCUT2D eigenvalue weighted by molar-refractivity contribution is -0.116. The molecule has 0 aliphatic carbocycles. The molecule has 29 heavy (non-hydrogen) atoms. The predicted molar refractivity (Wildman–Crippen MR) is 114 cm³/mol. The van der Waals surface area contributed by atoms with E-state index in [2.05, 4.69) is 31.3 Å². The van der Waals surface area contributed by atoms with Gasteiger partial charge in [0, 0.05) is 30.9 Å². The molecule has 0 unspecified atom stereocenters. The summed E-state index contributed by atoms with van der Waals surface area (Å²) in [4.78, 5) is 23.8. The third kappa shape index (κ3) is 4.23. The van der Waals surface area contributed by atoms with E-state index in [4.69, 9.17) is 0 Å². The number of aryl methyl sites for hydroxylation is 2. The molecule has 152 valence electrons. The van der Waals surface area contributed by atoms with E-state index in [1.165, 1.54) is 32.0 Å². The van der Waals surface area contributed by atoms with Gasteiger partial charge in [0.25, 0.3) is 5.78 Å². The Hall–Kier alpha value is -2.96. The van der Waals surface area contributed by atoms with Crippen molar-refractivity contribution in [3.8, 4) is 0 Å². The number of nitrogens with one attached hydrogen (secondary N) is 1. The zero-order valence-corrected chi connectivity index (χ0v) is 17.2. The van der Waals surface area contributed by atoms with Gasteiger partial charge in [0.1, 0.15) is 6.33 Å². The number of amides is 1. The molecule has 0 atom stereocenters. The molecule has 1 amide bonds. The van der Waals surface area contributed by atoms with Gasteiger partial charge in [0.15, 0.2) is 0 Å². The maximum Gasteiger partial charge on any atom is 0.252 e. The first-order valence-corrected chi connectivity index (χ1v) is 10.4. The van der Waals surface area contributed by atoms with E-state index < -0.39 is 0 Å². The van der Waals surface area contributed by atoms with Crippen molar-refractivity contribution >= 4 is 23.1 Å². The predicted octanol–water partition coefficient (Wildman–Crippen LogP) is 3.69. The van der Waals surface area contributed by atoms with Crippen LogP contribution in [0.5, 0.6) is 0 Å². The minimum atomic E-state index is 0.0183. The monoisotopic (exact) mass is 392 g/mol. The van der Waals surface area contributed by atoms with E-state index in [1.807, 2.05) is 32.0 Å². The number of hydrogen-bond acceptors (Lipinski definition) is 5. The first kappa shape index (κ1) is 19.4. The zero-order valence-electron chi connectivity index (χ0n) is 17.2. The molecule has 3 heterocycles. The van der Waals surface area contributed by atoms with Crippen LogP contribution in [0, 0.1) is 13.8 Å². The summed E-state index contributed by atoms with van der Waals surface area (Å²) in [5.74, 6) is 0.615. The fourth-order valence-corrected chi connectivity index (χ4v) is 4.14. The third-order valence-electron chi connectivity index (χ3n) is 5.72. The highest BCUT2D eigenvalue weighted by Crippen LogP contribution is 2.28. The Morgan fingerprint density at radius 3 is 2.66 bits per heavy atom. The number of anilines is 2. The van der Waals surface area contributed by atoms with Gasteiger partial charge in [-0.3, -0.25) is 4.79 Å². The quantitative estimate of drug-likeness (QED) is 0.717. The van der Waals surface area contributed by atoms with E-state index in [-0.39, 0.29) is 5.91 Å². The van der Waals surface area contributed by atoms with Gasteiger partial charge in [0.05, 0.1) is 11.4 Å². The summed E-state index contributed by atoms with van der Waals surface area (Å²) in [6, 6.07) is 8.13. The number of hydrogen-bond donors (Lipinski definition) is 1. The van der Waals surface area contributed by atoms with Crippen LogP contribution in [0.1, 0.15) is 49.1 Å². The fraction of sp³-hybridized carbons (Fsp3) is 0.455. The molecular formula is C22H28N6O. The van der Waals surface area contributed by atoms with Crippen LogP contribution < -0.4 is 10.2 Å². The second-order valence-electron chi connectivity index (χ2n) is 7.70. The smallest absolute Gasteiger partial charge is 0.252 e. The summed E-state index contributed by atoms with van der Waals surface area (Å²) in [6.07, 6.45) is 7.51. The lowest BCUT2D eigenvalue weighted by Crippen LogP contribution is -2.25. The van der Waals surface area contributed by atoms with Crippen molar-refractivity contribution in [2.24, 2.45) is 0 Å². The van der Waals surface area contributed by atoms with E-state index >= 15 is 0 Å². The lowest BCUT2D eigenvalue weighted by atomic mass is 10.1. The van der Waals surface area contributed by atoms with Crippen LogP contribution in [-0.2, 0) is 11.2 Å². The fourth-order valence-electron chi connectivity index (χ4n) is 4.14. The number of carbonyl (C=O) groups excluding carboxylic acids is 1. The van der Waals surface area contributed by atoms with Crippen LogP contribution >= 0.6 is 0 Å². The van der Waals surface area contributed by atoms with Gasteiger partial charge in [-0.15, -0.1) is 0 Å². The van der Waals surface area contributed by atoms with Crippen molar-refractivity contribution in [1.29, 1.82) is 0 Å². The maximum atomic E-state index is 12.7.